The van der Waals surface area contributed by atoms with E-state index in [1.165, 1.54) is 12.1 Å². The van der Waals surface area contributed by atoms with Crippen LogP contribution >= 0.6 is 0 Å². The summed E-state index contributed by atoms with van der Waals surface area (Å²) in [5, 5.41) is 14.5. The van der Waals surface area contributed by atoms with Crippen LogP contribution in [0.15, 0.2) is 47.6 Å². The number of halogens is 2. The number of terminal acetylenes is 1. The number of nitrogens with zero attached hydrogens (tertiary/aromatic N) is 2. The number of methoxy groups -OCH3 is 1. The van der Waals surface area contributed by atoms with Crippen molar-refractivity contribution in [3.63, 3.8) is 0 Å². The van der Waals surface area contributed by atoms with Gasteiger partial charge in [0.25, 0.3) is 0 Å². The predicted octanol–water partition coefficient (Wildman–Crippen LogP) is 2.98. The molecule has 170 valence electrons. The monoisotopic (exact) mass is 444 g/mol. The van der Waals surface area contributed by atoms with Crippen LogP contribution in [0.2, 0.25) is 0 Å². The Hall–Kier alpha value is -2.99. The summed E-state index contributed by atoms with van der Waals surface area (Å²) in [5.41, 5.74) is 2.04. The Labute approximate surface area is 186 Å². The third kappa shape index (κ3) is 6.76. The second-order valence-electron chi connectivity index (χ2n) is 7.50. The van der Waals surface area contributed by atoms with Gasteiger partial charge in [-0.3, -0.25) is 4.90 Å². The number of rotatable bonds is 11. The van der Waals surface area contributed by atoms with Gasteiger partial charge in [0, 0.05) is 37.7 Å². The molecule has 6 nitrogen and oxygen atoms in total. The van der Waals surface area contributed by atoms with Crippen molar-refractivity contribution in [2.75, 3.05) is 33.4 Å². The summed E-state index contributed by atoms with van der Waals surface area (Å²) in [7, 11) is 1.60. The Kier molecular flexibility index (Phi) is 8.56. The normalized spacial score (nSPS) is 16.4. The van der Waals surface area contributed by atoms with Crippen molar-refractivity contribution in [3.8, 4) is 18.1 Å². The topological polar surface area (TPSA) is 63.5 Å². The number of hydrogen-bond acceptors (Lipinski definition) is 6. The third-order valence-corrected chi connectivity index (χ3v) is 4.99. The molecule has 2 atom stereocenters. The van der Waals surface area contributed by atoms with Crippen LogP contribution in [0.25, 0.3) is 0 Å². The lowest BCUT2D eigenvalue weighted by Crippen LogP contribution is -2.39. The summed E-state index contributed by atoms with van der Waals surface area (Å²) in [6.45, 7) is 0.876. The van der Waals surface area contributed by atoms with Crippen LogP contribution in [0.3, 0.4) is 0 Å². The van der Waals surface area contributed by atoms with Crippen LogP contribution in [0.1, 0.15) is 17.5 Å². The smallest absolute Gasteiger partial charge is 0.145 e. The Morgan fingerprint density at radius 2 is 2.06 bits per heavy atom. The van der Waals surface area contributed by atoms with Crippen molar-refractivity contribution in [3.05, 3.63) is 65.2 Å². The van der Waals surface area contributed by atoms with Gasteiger partial charge in [-0.2, -0.15) is 0 Å². The fraction of sp³-hybridized carbons (Fsp3) is 0.375. The lowest BCUT2D eigenvalue weighted by molar-refractivity contribution is 0.00391. The standard InChI is InChI=1S/C24H26F2N2O4/c1-3-10-31-16-20(29)14-28(13-18-4-7-19(25)11-23(18)26)15-22-12-24(27-32-22)17-5-8-21(30-2)9-6-17/h1,4-9,11,20,22,29H,10,12-16H2,2H3/t20-,22+/m1/s1. The highest BCUT2D eigenvalue weighted by molar-refractivity contribution is 6.01. The summed E-state index contributed by atoms with van der Waals surface area (Å²) >= 11 is 0. The number of ether oxygens (including phenoxy) is 2. The van der Waals surface area contributed by atoms with E-state index in [1.807, 2.05) is 29.2 Å². The molecule has 32 heavy (non-hydrogen) atoms. The second kappa shape index (κ2) is 11.6. The first-order valence-corrected chi connectivity index (χ1v) is 10.2. The minimum Gasteiger partial charge on any atom is -0.497 e. The molecule has 0 aromatic heterocycles. The van der Waals surface area contributed by atoms with Crippen LogP contribution < -0.4 is 4.74 Å². The molecule has 2 aromatic rings. The fourth-order valence-corrected chi connectivity index (χ4v) is 3.47. The van der Waals surface area contributed by atoms with Crippen molar-refractivity contribution in [2.24, 2.45) is 5.16 Å². The van der Waals surface area contributed by atoms with E-state index < -0.39 is 17.7 Å². The number of aliphatic hydroxyl groups is 1. The summed E-state index contributed by atoms with van der Waals surface area (Å²) in [6, 6.07) is 11.0. The van der Waals surface area contributed by atoms with Gasteiger partial charge in [0.1, 0.15) is 30.1 Å². The molecule has 0 saturated carbocycles. The van der Waals surface area contributed by atoms with Gasteiger partial charge in [-0.15, -0.1) is 6.42 Å². The molecule has 0 fully saturated rings. The van der Waals surface area contributed by atoms with Crippen LogP contribution in [0.4, 0.5) is 8.78 Å². The summed E-state index contributed by atoms with van der Waals surface area (Å²) in [5.74, 6) is 1.80. The van der Waals surface area contributed by atoms with Gasteiger partial charge >= 0.3 is 0 Å². The molecule has 1 aliphatic rings. The summed E-state index contributed by atoms with van der Waals surface area (Å²) in [4.78, 5) is 7.43. The van der Waals surface area contributed by atoms with E-state index in [4.69, 9.17) is 20.7 Å². The van der Waals surface area contributed by atoms with Crippen LogP contribution in [0, 0.1) is 24.0 Å². The second-order valence-corrected chi connectivity index (χ2v) is 7.50. The van der Waals surface area contributed by atoms with Gasteiger partial charge in [0.2, 0.25) is 0 Å². The molecule has 0 saturated heterocycles. The lowest BCUT2D eigenvalue weighted by atomic mass is 10.0. The summed E-state index contributed by atoms with van der Waals surface area (Å²) in [6.07, 6.45) is 4.59. The average molecular weight is 444 g/mol. The molecule has 0 aliphatic carbocycles. The van der Waals surface area contributed by atoms with E-state index in [9.17, 15) is 13.9 Å². The van der Waals surface area contributed by atoms with Gasteiger partial charge in [-0.1, -0.05) is 17.1 Å². The van der Waals surface area contributed by atoms with Gasteiger partial charge in [-0.05, 0) is 35.9 Å². The fourth-order valence-electron chi connectivity index (χ4n) is 3.47. The minimum atomic E-state index is -0.838. The van der Waals surface area contributed by atoms with Gasteiger partial charge in [0.05, 0.1) is 25.5 Å². The molecule has 1 heterocycles. The predicted molar refractivity (Wildman–Crippen MR) is 116 cm³/mol. The average Bonchev–Trinajstić information content (AvgIpc) is 3.24. The van der Waals surface area contributed by atoms with Crippen LogP contribution in [0.5, 0.6) is 5.75 Å². The minimum absolute atomic E-state index is 0.0473. The Balaban J connectivity index is 1.64. The zero-order valence-electron chi connectivity index (χ0n) is 17.8. The number of hydrogen-bond donors (Lipinski definition) is 1. The van der Waals surface area contributed by atoms with Gasteiger partial charge < -0.3 is 19.4 Å². The maximum Gasteiger partial charge on any atom is 0.145 e. The molecule has 0 amide bonds. The Bertz CT molecular complexity index is 959. The highest BCUT2D eigenvalue weighted by atomic mass is 19.1. The molecule has 0 radical (unpaired) electrons. The van der Waals surface area contributed by atoms with E-state index in [1.54, 1.807) is 7.11 Å². The van der Waals surface area contributed by atoms with Crippen molar-refractivity contribution >= 4 is 5.71 Å². The van der Waals surface area contributed by atoms with Crippen LogP contribution in [-0.2, 0) is 16.1 Å². The molecule has 2 aromatic carbocycles. The van der Waals surface area contributed by atoms with Gasteiger partial charge in [-0.25, -0.2) is 8.78 Å². The van der Waals surface area contributed by atoms with Crippen LogP contribution in [-0.4, -0.2) is 61.3 Å². The van der Waals surface area contributed by atoms with Crippen molar-refractivity contribution in [1.29, 1.82) is 0 Å². The maximum absolute atomic E-state index is 14.2. The van der Waals surface area contributed by atoms with Crippen molar-refractivity contribution in [1.82, 2.24) is 4.90 Å². The molecule has 3 rings (SSSR count). The first-order valence-electron chi connectivity index (χ1n) is 10.2. The summed E-state index contributed by atoms with van der Waals surface area (Å²) < 4.78 is 37.9. The number of aliphatic hydroxyl groups excluding tert-OH is 1. The number of benzene rings is 2. The zero-order chi connectivity index (χ0) is 22.9. The maximum atomic E-state index is 14.2. The van der Waals surface area contributed by atoms with Gasteiger partial charge in [0.15, 0.2) is 0 Å². The SMILES string of the molecule is C#CCOC[C@H](O)CN(Cc1ccc(F)cc1F)C[C@@H]1CC(c2ccc(OC)cc2)=NO1. The molecular formula is C24H26F2N2O4. The third-order valence-electron chi connectivity index (χ3n) is 4.99. The van der Waals surface area contributed by atoms with Crippen molar-refractivity contribution in [2.45, 2.75) is 25.2 Å². The molecule has 1 N–H and O–H groups in total. The molecule has 0 spiro atoms. The zero-order valence-corrected chi connectivity index (χ0v) is 17.8. The van der Waals surface area contributed by atoms with E-state index in [2.05, 4.69) is 11.1 Å². The first-order chi connectivity index (χ1) is 15.5. The van der Waals surface area contributed by atoms with E-state index in [-0.39, 0.29) is 32.4 Å². The molecule has 0 unspecified atom stereocenters. The van der Waals surface area contributed by atoms with E-state index in [0.29, 0.717) is 18.5 Å². The van der Waals surface area contributed by atoms with E-state index >= 15 is 0 Å². The Morgan fingerprint density at radius 3 is 2.75 bits per heavy atom. The molecule has 0 bridgehead atoms. The molecular weight excluding hydrogens is 418 g/mol. The largest absolute Gasteiger partial charge is 0.497 e. The Morgan fingerprint density at radius 1 is 1.28 bits per heavy atom. The molecule has 1 aliphatic heterocycles. The number of oxime groups is 1. The van der Waals surface area contributed by atoms with Crippen molar-refractivity contribution < 1.29 is 28.2 Å². The first kappa shape index (κ1) is 23.7. The highest BCUT2D eigenvalue weighted by Gasteiger charge is 2.26. The lowest BCUT2D eigenvalue weighted by Gasteiger charge is -2.27. The quantitative estimate of drug-likeness (QED) is 0.427. The molecule has 8 heteroatoms. The van der Waals surface area contributed by atoms with E-state index in [0.717, 1.165) is 23.1 Å². The highest BCUT2D eigenvalue weighted by Crippen LogP contribution is 2.21.